The van der Waals surface area contributed by atoms with E-state index in [1.54, 1.807) is 0 Å². The minimum atomic E-state index is 0.0212. The van der Waals surface area contributed by atoms with E-state index in [-0.39, 0.29) is 11.9 Å². The molecule has 1 fully saturated rings. The van der Waals surface area contributed by atoms with Gasteiger partial charge in [-0.3, -0.25) is 4.79 Å². The number of aromatic nitrogens is 3. The van der Waals surface area contributed by atoms with Gasteiger partial charge < -0.3 is 19.5 Å². The molecular formula is C19H25N5O3. The molecule has 2 aromatic rings. The lowest BCUT2D eigenvalue weighted by Crippen LogP contribution is -2.45. The molecule has 4 heterocycles. The summed E-state index contributed by atoms with van der Waals surface area (Å²) in [6, 6.07) is 0.181. The first kappa shape index (κ1) is 17.9. The van der Waals surface area contributed by atoms with E-state index in [0.717, 1.165) is 67.4 Å². The second-order valence-corrected chi connectivity index (χ2v) is 7.25. The zero-order valence-corrected chi connectivity index (χ0v) is 15.8. The van der Waals surface area contributed by atoms with E-state index in [1.165, 1.54) is 0 Å². The van der Waals surface area contributed by atoms with E-state index in [1.807, 2.05) is 20.0 Å². The third-order valence-corrected chi connectivity index (χ3v) is 5.34. The monoisotopic (exact) mass is 371 g/mol. The lowest BCUT2D eigenvalue weighted by molar-refractivity contribution is -0.121. The van der Waals surface area contributed by atoms with Crippen LogP contribution in [-0.4, -0.2) is 46.8 Å². The lowest BCUT2D eigenvalue weighted by Gasteiger charge is -2.33. The van der Waals surface area contributed by atoms with Crippen molar-refractivity contribution in [2.24, 2.45) is 0 Å². The van der Waals surface area contributed by atoms with Gasteiger partial charge in [0.1, 0.15) is 5.76 Å². The van der Waals surface area contributed by atoms with Crippen molar-refractivity contribution in [3.8, 4) is 0 Å². The first-order chi connectivity index (χ1) is 13.1. The molecule has 0 spiro atoms. The van der Waals surface area contributed by atoms with Gasteiger partial charge >= 0.3 is 0 Å². The number of nitrogens with one attached hydrogen (secondary N) is 1. The fraction of sp³-hybridized carbons (Fsp3) is 0.579. The van der Waals surface area contributed by atoms with Crippen LogP contribution >= 0.6 is 0 Å². The number of fused-ring (bicyclic) bond motifs is 1. The van der Waals surface area contributed by atoms with E-state index < -0.39 is 0 Å². The summed E-state index contributed by atoms with van der Waals surface area (Å²) in [5.41, 5.74) is 3.86. The molecule has 8 nitrogen and oxygen atoms in total. The number of carbonyl (C=O) groups excluding carboxylic acids is 1. The number of amides is 1. The molecule has 0 radical (unpaired) electrons. The summed E-state index contributed by atoms with van der Waals surface area (Å²) in [5, 5.41) is 7.05. The number of ether oxygens (including phenoxy) is 1. The molecule has 0 bridgehead atoms. The highest BCUT2D eigenvalue weighted by atomic mass is 16.5. The van der Waals surface area contributed by atoms with Crippen molar-refractivity contribution in [1.82, 2.24) is 20.4 Å². The number of carbonyl (C=O) groups is 1. The minimum Gasteiger partial charge on any atom is -0.376 e. The SMILES string of the molecule is Cc1noc(C)c1CC(=O)NC1CCN(c2ncc3c(n2)CCOC3)CC1. The van der Waals surface area contributed by atoms with Gasteiger partial charge in [0.15, 0.2) is 0 Å². The van der Waals surface area contributed by atoms with Gasteiger partial charge in [-0.25, -0.2) is 9.97 Å². The van der Waals surface area contributed by atoms with E-state index in [9.17, 15) is 4.79 Å². The Kier molecular flexibility index (Phi) is 5.07. The second kappa shape index (κ2) is 7.64. The van der Waals surface area contributed by atoms with E-state index in [0.29, 0.717) is 18.8 Å². The van der Waals surface area contributed by atoms with Crippen LogP contribution in [-0.2, 0) is 29.0 Å². The van der Waals surface area contributed by atoms with Gasteiger partial charge in [-0.1, -0.05) is 5.16 Å². The molecule has 8 heteroatoms. The van der Waals surface area contributed by atoms with Gasteiger partial charge in [-0.05, 0) is 26.7 Å². The molecule has 0 aromatic carbocycles. The molecule has 2 aromatic heterocycles. The van der Waals surface area contributed by atoms with Crippen LogP contribution in [0.15, 0.2) is 10.7 Å². The Labute approximate surface area is 158 Å². The molecule has 0 atom stereocenters. The van der Waals surface area contributed by atoms with Crippen molar-refractivity contribution < 1.29 is 14.1 Å². The Morgan fingerprint density at radius 1 is 1.33 bits per heavy atom. The summed E-state index contributed by atoms with van der Waals surface area (Å²) in [5.74, 6) is 1.52. The number of nitrogens with zero attached hydrogens (tertiary/aromatic N) is 4. The number of rotatable bonds is 4. The zero-order chi connectivity index (χ0) is 18.8. The molecule has 4 rings (SSSR count). The van der Waals surface area contributed by atoms with Gasteiger partial charge in [0, 0.05) is 42.9 Å². The van der Waals surface area contributed by atoms with Gasteiger partial charge in [0.2, 0.25) is 11.9 Å². The molecule has 0 saturated carbocycles. The predicted octanol–water partition coefficient (Wildman–Crippen LogP) is 1.48. The molecule has 2 aliphatic rings. The third kappa shape index (κ3) is 3.95. The minimum absolute atomic E-state index is 0.0212. The number of aryl methyl sites for hydroxylation is 2. The van der Waals surface area contributed by atoms with Crippen molar-refractivity contribution in [2.45, 2.75) is 52.2 Å². The van der Waals surface area contributed by atoms with Crippen molar-refractivity contribution in [2.75, 3.05) is 24.6 Å². The first-order valence-electron chi connectivity index (χ1n) is 9.48. The smallest absolute Gasteiger partial charge is 0.225 e. The highest BCUT2D eigenvalue weighted by Gasteiger charge is 2.24. The van der Waals surface area contributed by atoms with Gasteiger partial charge in [-0.15, -0.1) is 0 Å². The normalized spacial score (nSPS) is 17.6. The molecular weight excluding hydrogens is 346 g/mol. The van der Waals surface area contributed by atoms with E-state index in [4.69, 9.17) is 14.2 Å². The van der Waals surface area contributed by atoms with Crippen LogP contribution in [0.2, 0.25) is 0 Å². The van der Waals surface area contributed by atoms with Gasteiger partial charge in [-0.2, -0.15) is 0 Å². The summed E-state index contributed by atoms with van der Waals surface area (Å²) in [4.78, 5) is 23.8. The summed E-state index contributed by atoms with van der Waals surface area (Å²) in [6.07, 6.45) is 4.82. The van der Waals surface area contributed by atoms with Crippen molar-refractivity contribution in [3.63, 3.8) is 0 Å². The number of hydrogen-bond donors (Lipinski definition) is 1. The fourth-order valence-electron chi connectivity index (χ4n) is 3.69. The molecule has 1 N–H and O–H groups in total. The molecule has 144 valence electrons. The van der Waals surface area contributed by atoms with E-state index >= 15 is 0 Å². The molecule has 27 heavy (non-hydrogen) atoms. The maximum Gasteiger partial charge on any atom is 0.225 e. The van der Waals surface area contributed by atoms with Crippen molar-refractivity contribution in [3.05, 3.63) is 34.5 Å². The van der Waals surface area contributed by atoms with Crippen LogP contribution < -0.4 is 10.2 Å². The number of piperidine rings is 1. The van der Waals surface area contributed by atoms with Crippen LogP contribution in [0.25, 0.3) is 0 Å². The first-order valence-corrected chi connectivity index (χ1v) is 9.48. The number of hydrogen-bond acceptors (Lipinski definition) is 7. The Bertz CT molecular complexity index is 807. The lowest BCUT2D eigenvalue weighted by atomic mass is 10.0. The van der Waals surface area contributed by atoms with E-state index in [2.05, 4.69) is 20.4 Å². The summed E-state index contributed by atoms with van der Waals surface area (Å²) < 4.78 is 10.6. The van der Waals surface area contributed by atoms with Crippen LogP contribution in [0.5, 0.6) is 0 Å². The maximum atomic E-state index is 12.4. The topological polar surface area (TPSA) is 93.4 Å². The fourth-order valence-corrected chi connectivity index (χ4v) is 3.69. The molecule has 1 saturated heterocycles. The highest BCUT2D eigenvalue weighted by Crippen LogP contribution is 2.20. The van der Waals surface area contributed by atoms with Crippen LogP contribution in [0.1, 0.15) is 41.1 Å². The standard InChI is InChI=1S/C19H25N5O3/c1-12-16(13(2)27-23-12)9-18(25)21-15-3-6-24(7-4-15)19-20-10-14-11-26-8-5-17(14)22-19/h10,15H,3-9,11H2,1-2H3,(H,21,25). The van der Waals surface area contributed by atoms with Gasteiger partial charge in [0.05, 0.1) is 31.0 Å². The highest BCUT2D eigenvalue weighted by molar-refractivity contribution is 5.79. The van der Waals surface area contributed by atoms with Crippen molar-refractivity contribution >= 4 is 11.9 Å². The van der Waals surface area contributed by atoms with Crippen molar-refractivity contribution in [1.29, 1.82) is 0 Å². The van der Waals surface area contributed by atoms with Gasteiger partial charge in [0.25, 0.3) is 0 Å². The molecule has 0 aliphatic carbocycles. The third-order valence-electron chi connectivity index (χ3n) is 5.34. The Balaban J connectivity index is 1.30. The van der Waals surface area contributed by atoms with Crippen LogP contribution in [0.3, 0.4) is 0 Å². The second-order valence-electron chi connectivity index (χ2n) is 7.25. The van der Waals surface area contributed by atoms with Crippen LogP contribution in [0.4, 0.5) is 5.95 Å². The maximum absolute atomic E-state index is 12.4. The predicted molar refractivity (Wildman–Crippen MR) is 98.5 cm³/mol. The molecule has 0 unspecified atom stereocenters. The van der Waals surface area contributed by atoms with Crippen LogP contribution in [0, 0.1) is 13.8 Å². The average Bonchev–Trinajstić information content (AvgIpc) is 3.00. The Morgan fingerprint density at radius 2 is 2.15 bits per heavy atom. The summed E-state index contributed by atoms with van der Waals surface area (Å²) >= 11 is 0. The average molecular weight is 371 g/mol. The quantitative estimate of drug-likeness (QED) is 0.870. The largest absolute Gasteiger partial charge is 0.376 e. The summed E-state index contributed by atoms with van der Waals surface area (Å²) in [7, 11) is 0. The Hall–Kier alpha value is -2.48. The summed E-state index contributed by atoms with van der Waals surface area (Å²) in [6.45, 7) is 6.71. The molecule has 1 amide bonds. The molecule has 2 aliphatic heterocycles. The number of anilines is 1. The zero-order valence-electron chi connectivity index (χ0n) is 15.8. The Morgan fingerprint density at radius 3 is 2.89 bits per heavy atom.